The molecule has 0 spiro atoms. The van der Waals surface area contributed by atoms with Crippen LogP contribution in [-0.4, -0.2) is 38.3 Å². The molecule has 2 aromatic rings. The summed E-state index contributed by atoms with van der Waals surface area (Å²) < 4.78 is 1.45. The minimum Gasteiger partial charge on any atom is -0.481 e. The fraction of sp³-hybridized carbons (Fsp3) is 0.375. The second kappa shape index (κ2) is 7.84. The first kappa shape index (κ1) is 19.2. The number of carboxylic acids is 1. The zero-order chi connectivity index (χ0) is 18.7. The van der Waals surface area contributed by atoms with Crippen LogP contribution in [0.3, 0.4) is 0 Å². The van der Waals surface area contributed by atoms with Crippen molar-refractivity contribution in [3.63, 3.8) is 0 Å². The zero-order valence-electron chi connectivity index (χ0n) is 14.0. The normalized spacial score (nSPS) is 12.2. The Balaban J connectivity index is 2.37. The quantitative estimate of drug-likeness (QED) is 0.796. The van der Waals surface area contributed by atoms with E-state index in [2.05, 4.69) is 15.4 Å². The van der Waals surface area contributed by atoms with Gasteiger partial charge in [-0.05, 0) is 12.1 Å². The molecule has 1 aromatic carbocycles. The predicted molar refractivity (Wildman–Crippen MR) is 94.6 cm³/mol. The molecule has 0 aliphatic rings. The van der Waals surface area contributed by atoms with Gasteiger partial charge in [0.15, 0.2) is 0 Å². The Hall–Kier alpha value is -2.12. The van der Waals surface area contributed by atoms with Crippen molar-refractivity contribution in [2.24, 2.45) is 5.92 Å². The van der Waals surface area contributed by atoms with Crippen LogP contribution < -0.4 is 5.32 Å². The summed E-state index contributed by atoms with van der Waals surface area (Å²) in [5.41, 5.74) is 0.444. The second-order valence-corrected chi connectivity index (χ2v) is 6.69. The van der Waals surface area contributed by atoms with Crippen LogP contribution in [-0.2, 0) is 4.79 Å². The molecule has 0 saturated carbocycles. The topological polar surface area (TPSA) is 97.1 Å². The molecule has 25 heavy (non-hydrogen) atoms. The molecular weight excluding hydrogens is 367 g/mol. The van der Waals surface area contributed by atoms with Crippen molar-refractivity contribution in [1.29, 1.82) is 0 Å². The molecule has 0 aliphatic carbocycles. The Morgan fingerprint density at radius 1 is 1.24 bits per heavy atom. The lowest BCUT2D eigenvalue weighted by atomic mass is 10.2. The first-order valence-electron chi connectivity index (χ1n) is 7.64. The zero-order valence-corrected chi connectivity index (χ0v) is 15.5. The Kier molecular flexibility index (Phi) is 6.02. The highest BCUT2D eigenvalue weighted by Gasteiger charge is 2.22. The van der Waals surface area contributed by atoms with Gasteiger partial charge < -0.3 is 10.4 Å². The fourth-order valence-electron chi connectivity index (χ4n) is 2.06. The maximum absolute atomic E-state index is 12.3. The number of aliphatic carboxylic acids is 1. The average Bonchev–Trinajstić information content (AvgIpc) is 2.97. The first-order valence-corrected chi connectivity index (χ1v) is 8.40. The standard InChI is InChI=1S/C16H18Cl2N4O3/c1-8(2)14-20-13(15(23)19-7-9(3)16(24)25)21-22(14)12-10(17)5-4-6-11(12)18/h4-6,8-9H,7H2,1-3H3,(H,19,23)(H,24,25). The average molecular weight is 385 g/mol. The van der Waals surface area contributed by atoms with Crippen LogP contribution in [0.1, 0.15) is 43.1 Å². The first-order chi connectivity index (χ1) is 11.7. The smallest absolute Gasteiger partial charge is 0.308 e. The Bertz CT molecular complexity index is 784. The molecule has 1 unspecified atom stereocenters. The van der Waals surface area contributed by atoms with Gasteiger partial charge in [-0.3, -0.25) is 9.59 Å². The highest BCUT2D eigenvalue weighted by Crippen LogP contribution is 2.30. The fourth-order valence-corrected chi connectivity index (χ4v) is 2.62. The van der Waals surface area contributed by atoms with Crippen molar-refractivity contribution in [1.82, 2.24) is 20.1 Å². The Labute approximate surface area is 155 Å². The third-order valence-electron chi connectivity index (χ3n) is 3.49. The highest BCUT2D eigenvalue weighted by atomic mass is 35.5. The number of carboxylic acid groups (broad SMARTS) is 1. The van der Waals surface area contributed by atoms with Crippen LogP contribution >= 0.6 is 23.2 Å². The van der Waals surface area contributed by atoms with E-state index in [1.54, 1.807) is 18.2 Å². The van der Waals surface area contributed by atoms with Gasteiger partial charge in [-0.2, -0.15) is 0 Å². The minimum absolute atomic E-state index is 0.0213. The van der Waals surface area contributed by atoms with Gasteiger partial charge in [0.1, 0.15) is 11.5 Å². The van der Waals surface area contributed by atoms with E-state index in [-0.39, 0.29) is 18.3 Å². The lowest BCUT2D eigenvalue weighted by Crippen LogP contribution is -2.32. The maximum atomic E-state index is 12.3. The molecule has 7 nitrogen and oxygen atoms in total. The number of nitrogens with zero attached hydrogens (tertiary/aromatic N) is 3. The number of hydrogen-bond donors (Lipinski definition) is 2. The molecule has 1 atom stereocenters. The summed E-state index contributed by atoms with van der Waals surface area (Å²) in [5.74, 6) is -1.86. The van der Waals surface area contributed by atoms with E-state index in [0.29, 0.717) is 21.6 Å². The van der Waals surface area contributed by atoms with Crippen molar-refractivity contribution >= 4 is 35.1 Å². The van der Waals surface area contributed by atoms with E-state index in [1.165, 1.54) is 11.6 Å². The number of amides is 1. The summed E-state index contributed by atoms with van der Waals surface area (Å²) >= 11 is 12.5. The number of carbonyl (C=O) groups is 2. The molecule has 1 amide bonds. The van der Waals surface area contributed by atoms with Gasteiger partial charge in [0.2, 0.25) is 5.82 Å². The second-order valence-electron chi connectivity index (χ2n) is 5.88. The summed E-state index contributed by atoms with van der Waals surface area (Å²) in [6, 6.07) is 5.05. The predicted octanol–water partition coefficient (Wildman–Crippen LogP) is 3.15. The van der Waals surface area contributed by atoms with Gasteiger partial charge in [-0.1, -0.05) is 50.0 Å². The van der Waals surface area contributed by atoms with E-state index >= 15 is 0 Å². The number of halogens is 2. The summed E-state index contributed by atoms with van der Waals surface area (Å²) in [4.78, 5) is 27.4. The van der Waals surface area contributed by atoms with Crippen molar-refractivity contribution in [3.8, 4) is 5.69 Å². The number of hydrogen-bond acceptors (Lipinski definition) is 4. The molecule has 1 heterocycles. The lowest BCUT2D eigenvalue weighted by Gasteiger charge is -2.11. The molecule has 0 aliphatic heterocycles. The van der Waals surface area contributed by atoms with E-state index in [1.807, 2.05) is 13.8 Å². The van der Waals surface area contributed by atoms with Gasteiger partial charge in [-0.25, -0.2) is 9.67 Å². The van der Waals surface area contributed by atoms with E-state index in [4.69, 9.17) is 28.3 Å². The van der Waals surface area contributed by atoms with Crippen LogP contribution in [0.2, 0.25) is 10.0 Å². The molecule has 9 heteroatoms. The van der Waals surface area contributed by atoms with Crippen molar-refractivity contribution in [3.05, 3.63) is 39.9 Å². The third-order valence-corrected chi connectivity index (χ3v) is 4.10. The highest BCUT2D eigenvalue weighted by molar-refractivity contribution is 6.37. The number of rotatable bonds is 6. The molecule has 0 bridgehead atoms. The minimum atomic E-state index is -0.996. The number of benzene rings is 1. The molecule has 2 N–H and O–H groups in total. The molecule has 2 rings (SSSR count). The molecule has 1 aromatic heterocycles. The van der Waals surface area contributed by atoms with Crippen molar-refractivity contribution in [2.75, 3.05) is 6.54 Å². The Morgan fingerprint density at radius 2 is 1.84 bits per heavy atom. The lowest BCUT2D eigenvalue weighted by molar-refractivity contribution is -0.140. The van der Waals surface area contributed by atoms with Crippen LogP contribution in [0.25, 0.3) is 5.69 Å². The molecule has 0 fully saturated rings. The van der Waals surface area contributed by atoms with Gasteiger partial charge in [0.05, 0.1) is 16.0 Å². The van der Waals surface area contributed by atoms with Crippen LogP contribution in [0.4, 0.5) is 0 Å². The molecular formula is C16H18Cl2N4O3. The van der Waals surface area contributed by atoms with Crippen LogP contribution in [0.5, 0.6) is 0 Å². The van der Waals surface area contributed by atoms with Crippen LogP contribution in [0, 0.1) is 5.92 Å². The van der Waals surface area contributed by atoms with Gasteiger partial charge >= 0.3 is 5.97 Å². The summed E-state index contributed by atoms with van der Waals surface area (Å²) in [6.07, 6.45) is 0. The molecule has 134 valence electrons. The van der Waals surface area contributed by atoms with Gasteiger partial charge in [0.25, 0.3) is 5.91 Å². The van der Waals surface area contributed by atoms with E-state index in [0.717, 1.165) is 0 Å². The number of nitrogens with one attached hydrogen (secondary N) is 1. The maximum Gasteiger partial charge on any atom is 0.308 e. The number of carbonyl (C=O) groups excluding carboxylic acids is 1. The summed E-state index contributed by atoms with van der Waals surface area (Å²) in [7, 11) is 0. The summed E-state index contributed by atoms with van der Waals surface area (Å²) in [5, 5.41) is 16.4. The number of para-hydroxylation sites is 1. The monoisotopic (exact) mass is 384 g/mol. The van der Waals surface area contributed by atoms with Crippen molar-refractivity contribution < 1.29 is 14.7 Å². The number of aromatic nitrogens is 3. The molecule has 0 radical (unpaired) electrons. The van der Waals surface area contributed by atoms with Crippen LogP contribution in [0.15, 0.2) is 18.2 Å². The molecule has 0 saturated heterocycles. The third kappa shape index (κ3) is 4.29. The summed E-state index contributed by atoms with van der Waals surface area (Å²) in [6.45, 7) is 5.28. The Morgan fingerprint density at radius 3 is 2.36 bits per heavy atom. The van der Waals surface area contributed by atoms with E-state index < -0.39 is 17.8 Å². The van der Waals surface area contributed by atoms with Crippen molar-refractivity contribution in [2.45, 2.75) is 26.7 Å². The van der Waals surface area contributed by atoms with Gasteiger partial charge in [-0.15, -0.1) is 5.10 Å². The largest absolute Gasteiger partial charge is 0.481 e. The van der Waals surface area contributed by atoms with Gasteiger partial charge in [0, 0.05) is 12.5 Å². The SMILES string of the molecule is CC(CNC(=O)c1nc(C(C)C)n(-c2c(Cl)cccc2Cl)n1)C(=O)O. The van der Waals surface area contributed by atoms with E-state index in [9.17, 15) is 9.59 Å².